The van der Waals surface area contributed by atoms with Crippen molar-refractivity contribution in [3.63, 3.8) is 0 Å². The van der Waals surface area contributed by atoms with Crippen LogP contribution in [0.15, 0.2) is 48.5 Å². The van der Waals surface area contributed by atoms with Gasteiger partial charge in [-0.2, -0.15) is 5.26 Å². The van der Waals surface area contributed by atoms with Gasteiger partial charge in [0.25, 0.3) is 0 Å². The average Bonchev–Trinajstić information content (AvgIpc) is 2.53. The minimum atomic E-state index is -0.428. The molecule has 0 spiro atoms. The smallest absolute Gasteiger partial charge is 0.160 e. The summed E-state index contributed by atoms with van der Waals surface area (Å²) in [5.74, 6) is 0.444. The molecule has 0 aliphatic carbocycles. The first-order chi connectivity index (χ1) is 10.2. The molecule has 21 heavy (non-hydrogen) atoms. The van der Waals surface area contributed by atoms with Gasteiger partial charge in [0, 0.05) is 6.54 Å². The fourth-order valence-corrected chi connectivity index (χ4v) is 2.12. The van der Waals surface area contributed by atoms with Crippen molar-refractivity contribution in [2.45, 2.75) is 12.5 Å². The second-order valence-electron chi connectivity index (χ2n) is 4.68. The average molecular weight is 282 g/mol. The van der Waals surface area contributed by atoms with Crippen LogP contribution in [0.25, 0.3) is 0 Å². The molecule has 0 bridgehead atoms. The lowest BCUT2D eigenvalue weighted by molar-refractivity contribution is 0.372. The molecule has 0 fully saturated rings. The van der Waals surface area contributed by atoms with E-state index in [1.165, 1.54) is 18.7 Å². The zero-order valence-corrected chi connectivity index (χ0v) is 11.9. The fraction of sp³-hybridized carbons (Fsp3) is 0.235. The van der Waals surface area contributed by atoms with Crippen molar-refractivity contribution in [2.75, 3.05) is 13.7 Å². The number of ether oxygens (including phenoxy) is 1. The number of hydrogen-bond acceptors (Lipinski definition) is 4. The molecule has 108 valence electrons. The van der Waals surface area contributed by atoms with E-state index in [2.05, 4.69) is 23.5 Å². The van der Waals surface area contributed by atoms with E-state index in [1.807, 2.05) is 18.2 Å². The summed E-state index contributed by atoms with van der Waals surface area (Å²) >= 11 is 0. The zero-order chi connectivity index (χ0) is 15.1. The Morgan fingerprint density at radius 2 is 2.00 bits per heavy atom. The predicted molar refractivity (Wildman–Crippen MR) is 81.2 cm³/mol. The van der Waals surface area contributed by atoms with Gasteiger partial charge in [0.2, 0.25) is 0 Å². The maximum absolute atomic E-state index is 9.59. The molecule has 2 aromatic carbocycles. The van der Waals surface area contributed by atoms with Gasteiger partial charge >= 0.3 is 0 Å². The molecule has 4 heteroatoms. The molecular formula is C17H18N2O2. The number of hydrogen-bond donors (Lipinski definition) is 2. The summed E-state index contributed by atoms with van der Waals surface area (Å²) in [6.45, 7) is 0.700. The Hall–Kier alpha value is -2.51. The van der Waals surface area contributed by atoms with Crippen LogP contribution < -0.4 is 10.1 Å². The Morgan fingerprint density at radius 1 is 1.24 bits per heavy atom. The lowest BCUT2D eigenvalue weighted by Gasteiger charge is -2.13. The van der Waals surface area contributed by atoms with Gasteiger partial charge < -0.3 is 9.84 Å². The third kappa shape index (κ3) is 3.98. The maximum atomic E-state index is 9.59. The lowest BCUT2D eigenvalue weighted by Crippen LogP contribution is -2.22. The summed E-state index contributed by atoms with van der Waals surface area (Å²) in [5.41, 5.74) is 2.00. The van der Waals surface area contributed by atoms with Crippen LogP contribution >= 0.6 is 0 Å². The molecule has 2 N–H and O–H groups in total. The van der Waals surface area contributed by atoms with Gasteiger partial charge in [0.05, 0.1) is 13.2 Å². The topological polar surface area (TPSA) is 65.3 Å². The Bertz CT molecular complexity index is 620. The van der Waals surface area contributed by atoms with Crippen LogP contribution in [0.1, 0.15) is 17.2 Å². The van der Waals surface area contributed by atoms with Gasteiger partial charge in [-0.1, -0.05) is 36.4 Å². The summed E-state index contributed by atoms with van der Waals surface area (Å²) in [4.78, 5) is 0. The monoisotopic (exact) mass is 282 g/mol. The van der Waals surface area contributed by atoms with Crippen molar-refractivity contribution in [2.24, 2.45) is 0 Å². The molecule has 0 radical (unpaired) electrons. The number of phenolic OH excluding ortho intramolecular Hbond substituents is 1. The number of nitrogens with zero attached hydrogens (tertiary/aromatic N) is 1. The third-order valence-electron chi connectivity index (χ3n) is 3.27. The standard InChI is InChI=1S/C17H18N2O2/c1-21-17-11-14(7-8-16(17)20)15(12-18)19-10-9-13-5-3-2-4-6-13/h2-8,11,15,19-20H,9-10H2,1H3. The summed E-state index contributed by atoms with van der Waals surface area (Å²) < 4.78 is 5.07. The van der Waals surface area contributed by atoms with Gasteiger partial charge in [-0.05, 0) is 29.7 Å². The number of aromatic hydroxyl groups is 1. The molecule has 2 aromatic rings. The van der Waals surface area contributed by atoms with Crippen molar-refractivity contribution in [1.29, 1.82) is 5.26 Å². The van der Waals surface area contributed by atoms with Crippen LogP contribution in [0.4, 0.5) is 0 Å². The molecule has 0 saturated heterocycles. The van der Waals surface area contributed by atoms with Gasteiger partial charge in [-0.15, -0.1) is 0 Å². The van der Waals surface area contributed by atoms with E-state index in [4.69, 9.17) is 4.74 Å². The van der Waals surface area contributed by atoms with Crippen LogP contribution in [0.5, 0.6) is 11.5 Å². The first kappa shape index (κ1) is 14.9. The Labute approximate surface area is 124 Å². The quantitative estimate of drug-likeness (QED) is 0.855. The minimum Gasteiger partial charge on any atom is -0.504 e. The highest BCUT2D eigenvalue weighted by Crippen LogP contribution is 2.28. The van der Waals surface area contributed by atoms with Crippen molar-refractivity contribution in [1.82, 2.24) is 5.32 Å². The number of rotatable bonds is 6. The van der Waals surface area contributed by atoms with Crippen LogP contribution in [0.2, 0.25) is 0 Å². The van der Waals surface area contributed by atoms with Crippen molar-refractivity contribution in [3.05, 3.63) is 59.7 Å². The summed E-state index contributed by atoms with van der Waals surface area (Å²) in [6.07, 6.45) is 0.855. The van der Waals surface area contributed by atoms with E-state index >= 15 is 0 Å². The Morgan fingerprint density at radius 3 is 2.67 bits per heavy atom. The van der Waals surface area contributed by atoms with Crippen LogP contribution in [-0.4, -0.2) is 18.8 Å². The third-order valence-corrected chi connectivity index (χ3v) is 3.27. The Balaban J connectivity index is 1.99. The maximum Gasteiger partial charge on any atom is 0.160 e. The van der Waals surface area contributed by atoms with E-state index in [0.29, 0.717) is 12.3 Å². The van der Waals surface area contributed by atoms with E-state index in [0.717, 1.165) is 12.0 Å². The zero-order valence-electron chi connectivity index (χ0n) is 11.9. The molecule has 4 nitrogen and oxygen atoms in total. The SMILES string of the molecule is COc1cc(C(C#N)NCCc2ccccc2)ccc1O. The molecule has 1 atom stereocenters. The lowest BCUT2D eigenvalue weighted by atomic mass is 10.1. The first-order valence-corrected chi connectivity index (χ1v) is 6.78. The molecular weight excluding hydrogens is 264 g/mol. The van der Waals surface area contributed by atoms with Crippen molar-refractivity contribution >= 4 is 0 Å². The first-order valence-electron chi connectivity index (χ1n) is 6.78. The van der Waals surface area contributed by atoms with E-state index in [-0.39, 0.29) is 5.75 Å². The van der Waals surface area contributed by atoms with Crippen molar-refractivity contribution in [3.8, 4) is 17.6 Å². The second kappa shape index (κ2) is 7.32. The highest BCUT2D eigenvalue weighted by Gasteiger charge is 2.12. The highest BCUT2D eigenvalue weighted by molar-refractivity contribution is 5.43. The molecule has 0 amide bonds. The van der Waals surface area contributed by atoms with Crippen molar-refractivity contribution < 1.29 is 9.84 Å². The molecule has 0 aromatic heterocycles. The molecule has 0 aliphatic heterocycles. The van der Waals surface area contributed by atoms with Gasteiger partial charge in [0.15, 0.2) is 11.5 Å². The molecule has 0 heterocycles. The van der Waals surface area contributed by atoms with E-state index in [1.54, 1.807) is 12.1 Å². The highest BCUT2D eigenvalue weighted by atomic mass is 16.5. The number of phenols is 1. The number of nitrogens with one attached hydrogen (secondary N) is 1. The van der Waals surface area contributed by atoms with E-state index in [9.17, 15) is 10.4 Å². The molecule has 1 unspecified atom stereocenters. The van der Waals surface area contributed by atoms with Gasteiger partial charge in [0.1, 0.15) is 6.04 Å². The predicted octanol–water partition coefficient (Wildman–Crippen LogP) is 2.80. The Kier molecular flexibility index (Phi) is 5.19. The summed E-state index contributed by atoms with van der Waals surface area (Å²) in [6, 6.07) is 16.9. The normalized spacial score (nSPS) is 11.6. The van der Waals surface area contributed by atoms with Crippen LogP contribution in [0, 0.1) is 11.3 Å². The fourth-order valence-electron chi connectivity index (χ4n) is 2.12. The summed E-state index contributed by atoms with van der Waals surface area (Å²) in [5, 5.41) is 22.1. The number of nitriles is 1. The molecule has 2 rings (SSSR count). The van der Waals surface area contributed by atoms with Gasteiger partial charge in [-0.3, -0.25) is 5.32 Å². The van der Waals surface area contributed by atoms with Gasteiger partial charge in [-0.25, -0.2) is 0 Å². The number of methoxy groups -OCH3 is 1. The van der Waals surface area contributed by atoms with Crippen LogP contribution in [0.3, 0.4) is 0 Å². The summed E-state index contributed by atoms with van der Waals surface area (Å²) in [7, 11) is 1.49. The second-order valence-corrected chi connectivity index (χ2v) is 4.68. The largest absolute Gasteiger partial charge is 0.504 e. The molecule has 0 saturated carbocycles. The van der Waals surface area contributed by atoms with Crippen LogP contribution in [-0.2, 0) is 6.42 Å². The molecule has 0 aliphatic rings. The van der Waals surface area contributed by atoms with E-state index < -0.39 is 6.04 Å². The number of benzene rings is 2. The minimum absolute atomic E-state index is 0.0715.